The average molecular weight is 234 g/mol. The summed E-state index contributed by atoms with van der Waals surface area (Å²) in [7, 11) is 4.20. The van der Waals surface area contributed by atoms with E-state index in [1.165, 1.54) is 11.3 Å². The van der Waals surface area contributed by atoms with Gasteiger partial charge in [0.25, 0.3) is 0 Å². The predicted molar refractivity (Wildman–Crippen MR) is 76.8 cm³/mol. The monoisotopic (exact) mass is 234 g/mol. The van der Waals surface area contributed by atoms with Gasteiger partial charge in [-0.3, -0.25) is 0 Å². The van der Waals surface area contributed by atoms with Crippen LogP contribution < -0.4 is 10.2 Å². The Balaban J connectivity index is 2.79. The molecule has 0 saturated carbocycles. The van der Waals surface area contributed by atoms with Crippen molar-refractivity contribution in [2.45, 2.75) is 33.7 Å². The number of nitrogens with one attached hydrogen (secondary N) is 1. The normalized spacial score (nSPS) is 13.5. The summed E-state index contributed by atoms with van der Waals surface area (Å²) in [5, 5.41) is 3.35. The maximum atomic E-state index is 3.35. The summed E-state index contributed by atoms with van der Waals surface area (Å²) >= 11 is 0. The van der Waals surface area contributed by atoms with Crippen LogP contribution in [0.1, 0.15) is 26.3 Å². The number of aryl methyl sites for hydroxylation is 1. The van der Waals surface area contributed by atoms with Crippen LogP contribution in [0.4, 0.5) is 5.69 Å². The molecule has 0 aliphatic heterocycles. The van der Waals surface area contributed by atoms with Crippen molar-refractivity contribution in [1.82, 2.24) is 5.32 Å². The Kier molecular flexibility index (Phi) is 4.58. The van der Waals surface area contributed by atoms with Gasteiger partial charge in [0.15, 0.2) is 0 Å². The number of benzene rings is 1. The molecular weight excluding hydrogens is 208 g/mol. The van der Waals surface area contributed by atoms with Gasteiger partial charge >= 0.3 is 0 Å². The standard InChI is InChI=1S/C15H26N2/c1-12-9-7-8-10-14(12)17(6)11-15(3,4)13(2)16-5/h7-10,13,16H,11H2,1-6H3. The van der Waals surface area contributed by atoms with Gasteiger partial charge in [0.05, 0.1) is 0 Å². The van der Waals surface area contributed by atoms with E-state index >= 15 is 0 Å². The van der Waals surface area contributed by atoms with Crippen molar-refractivity contribution in [3.05, 3.63) is 29.8 Å². The first-order chi connectivity index (χ1) is 7.88. The van der Waals surface area contributed by atoms with Crippen molar-refractivity contribution in [3.8, 4) is 0 Å². The Hall–Kier alpha value is -1.02. The fraction of sp³-hybridized carbons (Fsp3) is 0.600. The lowest BCUT2D eigenvalue weighted by Gasteiger charge is -2.36. The predicted octanol–water partition coefficient (Wildman–Crippen LogP) is 3.07. The lowest BCUT2D eigenvalue weighted by Crippen LogP contribution is -2.44. The molecule has 0 aliphatic carbocycles. The van der Waals surface area contributed by atoms with Crippen molar-refractivity contribution in [2.75, 3.05) is 25.5 Å². The Labute approximate surface area is 106 Å². The molecule has 1 rings (SSSR count). The molecule has 1 aromatic carbocycles. The van der Waals surface area contributed by atoms with Crippen LogP contribution in [0.3, 0.4) is 0 Å². The molecule has 0 heterocycles. The minimum atomic E-state index is 0.242. The summed E-state index contributed by atoms with van der Waals surface area (Å²) in [6, 6.07) is 9.05. The van der Waals surface area contributed by atoms with Crippen molar-refractivity contribution in [1.29, 1.82) is 0 Å². The van der Waals surface area contributed by atoms with Gasteiger partial charge in [-0.25, -0.2) is 0 Å². The molecule has 0 aliphatic rings. The Morgan fingerprint density at radius 2 is 1.88 bits per heavy atom. The van der Waals surface area contributed by atoms with E-state index in [0.29, 0.717) is 6.04 Å². The van der Waals surface area contributed by atoms with Gasteiger partial charge in [-0.15, -0.1) is 0 Å². The Morgan fingerprint density at radius 1 is 1.29 bits per heavy atom. The molecule has 2 nitrogen and oxygen atoms in total. The molecule has 2 heteroatoms. The number of rotatable bonds is 5. The third kappa shape index (κ3) is 3.47. The minimum Gasteiger partial charge on any atom is -0.374 e. The van der Waals surface area contributed by atoms with Crippen LogP contribution in [0, 0.1) is 12.3 Å². The average Bonchev–Trinajstić information content (AvgIpc) is 2.27. The molecular formula is C15H26N2. The van der Waals surface area contributed by atoms with Crippen LogP contribution in [-0.4, -0.2) is 26.7 Å². The van der Waals surface area contributed by atoms with E-state index in [1.807, 2.05) is 7.05 Å². The molecule has 1 unspecified atom stereocenters. The number of para-hydroxylation sites is 1. The molecule has 0 fully saturated rings. The molecule has 0 radical (unpaired) electrons. The smallest absolute Gasteiger partial charge is 0.0393 e. The van der Waals surface area contributed by atoms with Gasteiger partial charge in [-0.05, 0) is 37.9 Å². The van der Waals surface area contributed by atoms with Gasteiger partial charge < -0.3 is 10.2 Å². The largest absolute Gasteiger partial charge is 0.374 e. The molecule has 1 N–H and O–H groups in total. The molecule has 0 aromatic heterocycles. The number of hydrogen-bond donors (Lipinski definition) is 1. The third-order valence-corrected chi connectivity index (χ3v) is 3.78. The number of hydrogen-bond acceptors (Lipinski definition) is 2. The van der Waals surface area contributed by atoms with Gasteiger partial charge in [0.2, 0.25) is 0 Å². The van der Waals surface area contributed by atoms with Crippen molar-refractivity contribution in [3.63, 3.8) is 0 Å². The van der Waals surface area contributed by atoms with Crippen LogP contribution in [0.25, 0.3) is 0 Å². The first-order valence-corrected chi connectivity index (χ1v) is 6.32. The Bertz CT molecular complexity index is 358. The molecule has 1 atom stereocenters. The minimum absolute atomic E-state index is 0.242. The number of nitrogens with zero attached hydrogens (tertiary/aromatic N) is 1. The SMILES string of the molecule is CNC(C)C(C)(C)CN(C)c1ccccc1C. The quantitative estimate of drug-likeness (QED) is 0.842. The molecule has 0 amide bonds. The highest BCUT2D eigenvalue weighted by atomic mass is 15.1. The maximum absolute atomic E-state index is 3.35. The fourth-order valence-electron chi connectivity index (χ4n) is 2.22. The second kappa shape index (κ2) is 5.54. The summed E-state index contributed by atoms with van der Waals surface area (Å²) < 4.78 is 0. The van der Waals surface area contributed by atoms with Crippen molar-refractivity contribution < 1.29 is 0 Å². The van der Waals surface area contributed by atoms with Crippen LogP contribution in [-0.2, 0) is 0 Å². The molecule has 1 aromatic rings. The zero-order chi connectivity index (χ0) is 13.1. The van der Waals surface area contributed by atoms with Crippen molar-refractivity contribution >= 4 is 5.69 Å². The summed E-state index contributed by atoms with van der Waals surface area (Å²) in [5.41, 5.74) is 2.90. The topological polar surface area (TPSA) is 15.3 Å². The third-order valence-electron chi connectivity index (χ3n) is 3.78. The van der Waals surface area contributed by atoms with Gasteiger partial charge in [0.1, 0.15) is 0 Å². The van der Waals surface area contributed by atoms with Crippen LogP contribution >= 0.6 is 0 Å². The molecule has 96 valence electrons. The van der Waals surface area contributed by atoms with Crippen molar-refractivity contribution in [2.24, 2.45) is 5.41 Å². The molecule has 0 saturated heterocycles. The van der Waals surface area contributed by atoms with Gasteiger partial charge in [0, 0.05) is 25.3 Å². The second-order valence-electron chi connectivity index (χ2n) is 5.64. The van der Waals surface area contributed by atoms with Crippen LogP contribution in [0.2, 0.25) is 0 Å². The first kappa shape index (κ1) is 14.0. The van der Waals surface area contributed by atoms with Gasteiger partial charge in [-0.1, -0.05) is 32.0 Å². The maximum Gasteiger partial charge on any atom is 0.0393 e. The van der Waals surface area contributed by atoms with E-state index in [-0.39, 0.29) is 5.41 Å². The van der Waals surface area contributed by atoms with E-state index in [2.05, 4.69) is 69.2 Å². The van der Waals surface area contributed by atoms with E-state index < -0.39 is 0 Å². The van der Waals surface area contributed by atoms with Crippen LogP contribution in [0.15, 0.2) is 24.3 Å². The van der Waals surface area contributed by atoms with E-state index in [1.54, 1.807) is 0 Å². The molecule has 0 spiro atoms. The molecule has 17 heavy (non-hydrogen) atoms. The van der Waals surface area contributed by atoms with E-state index in [4.69, 9.17) is 0 Å². The highest BCUT2D eigenvalue weighted by Crippen LogP contribution is 2.26. The molecule has 0 bridgehead atoms. The van der Waals surface area contributed by atoms with Crippen LogP contribution in [0.5, 0.6) is 0 Å². The highest BCUT2D eigenvalue weighted by molar-refractivity contribution is 5.52. The van der Waals surface area contributed by atoms with E-state index in [0.717, 1.165) is 6.54 Å². The fourth-order valence-corrected chi connectivity index (χ4v) is 2.22. The zero-order valence-electron chi connectivity index (χ0n) is 12.0. The summed E-state index contributed by atoms with van der Waals surface area (Å²) in [4.78, 5) is 2.35. The Morgan fingerprint density at radius 3 is 2.41 bits per heavy atom. The lowest BCUT2D eigenvalue weighted by molar-refractivity contribution is 0.275. The highest BCUT2D eigenvalue weighted by Gasteiger charge is 2.26. The zero-order valence-corrected chi connectivity index (χ0v) is 12.0. The second-order valence-corrected chi connectivity index (χ2v) is 5.64. The number of anilines is 1. The van der Waals surface area contributed by atoms with E-state index in [9.17, 15) is 0 Å². The first-order valence-electron chi connectivity index (χ1n) is 6.32. The lowest BCUT2D eigenvalue weighted by atomic mass is 9.85. The summed E-state index contributed by atoms with van der Waals surface area (Å²) in [6.45, 7) is 10.1. The van der Waals surface area contributed by atoms with Gasteiger partial charge in [-0.2, -0.15) is 0 Å². The summed E-state index contributed by atoms with van der Waals surface area (Å²) in [6.07, 6.45) is 0. The summed E-state index contributed by atoms with van der Waals surface area (Å²) in [5.74, 6) is 0.